The number of carbonyl (C=O) groups excluding carboxylic acids is 2. The highest BCUT2D eigenvalue weighted by molar-refractivity contribution is 5.82. The molecule has 0 radical (unpaired) electrons. The van der Waals surface area contributed by atoms with E-state index in [-0.39, 0.29) is 12.1 Å². The van der Waals surface area contributed by atoms with Crippen LogP contribution in [-0.4, -0.2) is 24.3 Å². The fraction of sp³-hybridized carbons (Fsp3) is 0.385. The van der Waals surface area contributed by atoms with Crippen LogP contribution in [0.3, 0.4) is 0 Å². The van der Waals surface area contributed by atoms with E-state index in [1.54, 1.807) is 24.3 Å². The van der Waals surface area contributed by atoms with Crippen LogP contribution in [0.4, 0.5) is 0 Å². The predicted octanol–water partition coefficient (Wildman–Crippen LogP) is 1.79. The molecule has 0 fully saturated rings. The molecule has 0 heterocycles. The van der Waals surface area contributed by atoms with Gasteiger partial charge < -0.3 is 10.1 Å². The molecule has 0 bridgehead atoms. The van der Waals surface area contributed by atoms with Crippen molar-refractivity contribution >= 4 is 12.3 Å². The molecule has 17 heavy (non-hydrogen) atoms. The van der Waals surface area contributed by atoms with Crippen LogP contribution in [0, 0.1) is 0 Å². The summed E-state index contributed by atoms with van der Waals surface area (Å²) in [4.78, 5) is 22.2. The number of hydrogen-bond acceptors (Lipinski definition) is 4. The second-order valence-electron chi connectivity index (χ2n) is 4.73. The first-order valence-electron chi connectivity index (χ1n) is 5.42. The lowest BCUT2D eigenvalue weighted by Crippen LogP contribution is -2.40. The lowest BCUT2D eigenvalue weighted by Gasteiger charge is -2.19. The fourth-order valence-corrected chi connectivity index (χ4v) is 1.17. The Balaban J connectivity index is 2.59. The van der Waals surface area contributed by atoms with E-state index in [9.17, 15) is 9.59 Å². The highest BCUT2D eigenvalue weighted by Gasteiger charge is 2.13. The molecule has 1 N–H and O–H groups in total. The largest absolute Gasteiger partial charge is 0.425 e. The van der Waals surface area contributed by atoms with Gasteiger partial charge in [-0.25, -0.2) is 0 Å². The van der Waals surface area contributed by atoms with Crippen molar-refractivity contribution < 1.29 is 14.3 Å². The van der Waals surface area contributed by atoms with Gasteiger partial charge in [0.15, 0.2) is 6.29 Å². The Morgan fingerprint density at radius 1 is 1.35 bits per heavy atom. The number of esters is 1. The Morgan fingerprint density at radius 3 is 2.59 bits per heavy atom. The molecule has 92 valence electrons. The summed E-state index contributed by atoms with van der Waals surface area (Å²) < 4.78 is 5.10. The van der Waals surface area contributed by atoms with Gasteiger partial charge in [0.05, 0.1) is 12.1 Å². The number of carbonyl (C=O) groups is 2. The van der Waals surface area contributed by atoms with Crippen molar-refractivity contribution in [2.75, 3.05) is 6.54 Å². The minimum Gasteiger partial charge on any atom is -0.425 e. The summed E-state index contributed by atoms with van der Waals surface area (Å²) in [5.41, 5.74) is 0.222. The molecule has 0 spiro atoms. The molecule has 0 aliphatic carbocycles. The van der Waals surface area contributed by atoms with E-state index >= 15 is 0 Å². The molecular formula is C13H17NO3. The molecule has 0 atom stereocenters. The quantitative estimate of drug-likeness (QED) is 0.491. The third-order valence-corrected chi connectivity index (χ3v) is 2.03. The molecule has 0 saturated heterocycles. The molecule has 1 rings (SSSR count). The summed E-state index contributed by atoms with van der Waals surface area (Å²) in [6.07, 6.45) is 0.666. The minimum atomic E-state index is -0.408. The second-order valence-corrected chi connectivity index (χ2v) is 4.73. The number of para-hydroxylation sites is 1. The van der Waals surface area contributed by atoms with Crippen LogP contribution in [0.2, 0.25) is 0 Å². The van der Waals surface area contributed by atoms with Gasteiger partial charge in [-0.15, -0.1) is 0 Å². The van der Waals surface area contributed by atoms with Crippen LogP contribution >= 0.6 is 0 Å². The van der Waals surface area contributed by atoms with Gasteiger partial charge >= 0.3 is 5.97 Å². The normalized spacial score (nSPS) is 11.0. The summed E-state index contributed by atoms with van der Waals surface area (Å²) in [5.74, 6) is -0.113. The first-order chi connectivity index (χ1) is 7.92. The van der Waals surface area contributed by atoms with Gasteiger partial charge in [-0.05, 0) is 32.9 Å². The summed E-state index contributed by atoms with van der Waals surface area (Å²) in [7, 11) is 0. The molecule has 0 aromatic heterocycles. The second kappa shape index (κ2) is 5.59. The number of benzene rings is 1. The van der Waals surface area contributed by atoms with E-state index in [1.165, 1.54) is 0 Å². The van der Waals surface area contributed by atoms with Crippen LogP contribution in [0.25, 0.3) is 0 Å². The van der Waals surface area contributed by atoms with Gasteiger partial charge in [0, 0.05) is 5.54 Å². The lowest BCUT2D eigenvalue weighted by molar-refractivity contribution is -0.133. The van der Waals surface area contributed by atoms with E-state index in [0.29, 0.717) is 17.6 Å². The van der Waals surface area contributed by atoms with Gasteiger partial charge in [-0.2, -0.15) is 0 Å². The minimum absolute atomic E-state index is 0.108. The maximum Gasteiger partial charge on any atom is 0.325 e. The van der Waals surface area contributed by atoms with Crippen LogP contribution in [0.5, 0.6) is 5.75 Å². The molecule has 0 aliphatic heterocycles. The van der Waals surface area contributed by atoms with Crippen LogP contribution < -0.4 is 10.1 Å². The van der Waals surface area contributed by atoms with E-state index in [4.69, 9.17) is 4.74 Å². The fourth-order valence-electron chi connectivity index (χ4n) is 1.17. The number of hydrogen-bond donors (Lipinski definition) is 1. The molecule has 1 aromatic rings. The number of ether oxygens (including phenoxy) is 1. The van der Waals surface area contributed by atoms with Crippen molar-refractivity contribution in [1.29, 1.82) is 0 Å². The molecular weight excluding hydrogens is 218 g/mol. The predicted molar refractivity (Wildman–Crippen MR) is 65.2 cm³/mol. The SMILES string of the molecule is CC(C)(C)NCC(=O)Oc1ccccc1C=O. The van der Waals surface area contributed by atoms with Gasteiger partial charge in [0.2, 0.25) is 0 Å². The third kappa shape index (κ3) is 4.78. The summed E-state index contributed by atoms with van der Waals surface area (Å²) in [6.45, 7) is 5.98. The average molecular weight is 235 g/mol. The zero-order valence-corrected chi connectivity index (χ0v) is 10.3. The number of nitrogens with one attached hydrogen (secondary N) is 1. The Kier molecular flexibility index (Phi) is 4.40. The highest BCUT2D eigenvalue weighted by Crippen LogP contribution is 2.15. The highest BCUT2D eigenvalue weighted by atomic mass is 16.5. The monoisotopic (exact) mass is 235 g/mol. The van der Waals surface area contributed by atoms with Crippen LogP contribution in [0.15, 0.2) is 24.3 Å². The molecule has 0 amide bonds. The standard InChI is InChI=1S/C13H17NO3/c1-13(2,3)14-8-12(16)17-11-7-5-4-6-10(11)9-15/h4-7,9,14H,8H2,1-3H3. The van der Waals surface area contributed by atoms with E-state index in [1.807, 2.05) is 20.8 Å². The Hall–Kier alpha value is -1.68. The Labute approximate surface area is 101 Å². The smallest absolute Gasteiger partial charge is 0.325 e. The van der Waals surface area contributed by atoms with Crippen LogP contribution in [-0.2, 0) is 4.79 Å². The van der Waals surface area contributed by atoms with Gasteiger partial charge in [0.25, 0.3) is 0 Å². The molecule has 0 aliphatic rings. The van der Waals surface area contributed by atoms with E-state index in [2.05, 4.69) is 5.32 Å². The maximum atomic E-state index is 11.5. The summed E-state index contributed by atoms with van der Waals surface area (Å²) in [6, 6.07) is 6.63. The molecule has 0 saturated carbocycles. The lowest BCUT2D eigenvalue weighted by atomic mass is 10.1. The van der Waals surface area contributed by atoms with Crippen molar-refractivity contribution in [3.63, 3.8) is 0 Å². The molecule has 0 unspecified atom stereocenters. The summed E-state index contributed by atoms with van der Waals surface area (Å²) >= 11 is 0. The van der Waals surface area contributed by atoms with Gasteiger partial charge in [-0.1, -0.05) is 12.1 Å². The number of rotatable bonds is 4. The average Bonchev–Trinajstić information content (AvgIpc) is 2.26. The van der Waals surface area contributed by atoms with E-state index in [0.717, 1.165) is 0 Å². The molecule has 4 nitrogen and oxygen atoms in total. The maximum absolute atomic E-state index is 11.5. The summed E-state index contributed by atoms with van der Waals surface area (Å²) in [5, 5.41) is 3.02. The topological polar surface area (TPSA) is 55.4 Å². The Bertz CT molecular complexity index is 407. The Morgan fingerprint density at radius 2 is 2.00 bits per heavy atom. The van der Waals surface area contributed by atoms with Crippen molar-refractivity contribution in [3.8, 4) is 5.75 Å². The van der Waals surface area contributed by atoms with Gasteiger partial charge in [-0.3, -0.25) is 9.59 Å². The van der Waals surface area contributed by atoms with E-state index < -0.39 is 5.97 Å². The van der Waals surface area contributed by atoms with Crippen molar-refractivity contribution in [2.45, 2.75) is 26.3 Å². The van der Waals surface area contributed by atoms with Crippen molar-refractivity contribution in [3.05, 3.63) is 29.8 Å². The van der Waals surface area contributed by atoms with Crippen LogP contribution in [0.1, 0.15) is 31.1 Å². The first kappa shape index (κ1) is 13.4. The van der Waals surface area contributed by atoms with Gasteiger partial charge in [0.1, 0.15) is 5.75 Å². The van der Waals surface area contributed by atoms with Crippen molar-refractivity contribution in [1.82, 2.24) is 5.32 Å². The third-order valence-electron chi connectivity index (χ3n) is 2.03. The van der Waals surface area contributed by atoms with Crippen molar-refractivity contribution in [2.24, 2.45) is 0 Å². The molecule has 4 heteroatoms. The first-order valence-corrected chi connectivity index (χ1v) is 5.42. The zero-order chi connectivity index (χ0) is 12.9. The molecule has 1 aromatic carbocycles. The number of aldehydes is 1. The zero-order valence-electron chi connectivity index (χ0n) is 10.3.